The predicted octanol–water partition coefficient (Wildman–Crippen LogP) is 1.02. The number of hydrogen-bond donors (Lipinski definition) is 0. The van der Waals surface area contributed by atoms with Gasteiger partial charge in [-0.2, -0.15) is 0 Å². The summed E-state index contributed by atoms with van der Waals surface area (Å²) < 4.78 is 0. The first-order valence-electron chi connectivity index (χ1n) is 1.00. The maximum Gasteiger partial charge on any atom is 0 e. The molecule has 23 valence electrons. The number of rotatable bonds is 0. The molecule has 0 N–H and O–H groups in total. The Kier molecular flexibility index (Phi) is 127. The Morgan fingerprint density at radius 2 is 0.600 bits per heavy atom. The zero-order chi connectivity index (χ0) is 2.00. The second-order valence-corrected chi connectivity index (χ2v) is 0. The van der Waals surface area contributed by atoms with Gasteiger partial charge < -0.3 is 0 Å². The summed E-state index contributed by atoms with van der Waals surface area (Å²) in [6.45, 7) is 4.00. The van der Waals surface area contributed by atoms with Gasteiger partial charge in [0.05, 0.1) is 0 Å². The van der Waals surface area contributed by atoms with Crippen LogP contribution >= 0.6 is 0 Å². The van der Waals surface area contributed by atoms with Crippen molar-refractivity contribution in [2.24, 2.45) is 0 Å². The quantitative estimate of drug-likeness (QED) is 0.626. The molecule has 0 aliphatic rings. The molecule has 0 unspecified atom stereocenters. The van der Waals surface area contributed by atoms with E-state index >= 15 is 0 Å². The second kappa shape index (κ2) is 26.6. The molecule has 0 fully saturated rings. The Hall–Kier alpha value is 3.31. The average molecular weight is 297 g/mol. The standard InChI is InChI=1S/C2H6.3Y/c1-2;;;/h1-2H3;;;. The van der Waals surface area contributed by atoms with Gasteiger partial charge in [0.1, 0.15) is 0 Å². The van der Waals surface area contributed by atoms with E-state index in [4.69, 9.17) is 0 Å². The van der Waals surface area contributed by atoms with Crippen molar-refractivity contribution in [2.75, 3.05) is 0 Å². The van der Waals surface area contributed by atoms with E-state index in [9.17, 15) is 0 Å². The molecule has 0 saturated carbocycles. The van der Waals surface area contributed by atoms with Crippen LogP contribution in [0.1, 0.15) is 13.8 Å². The summed E-state index contributed by atoms with van der Waals surface area (Å²) in [5.41, 5.74) is 0. The van der Waals surface area contributed by atoms with Crippen LogP contribution < -0.4 is 0 Å². The minimum atomic E-state index is 0. The molecular formula is C2H6Y3. The molecule has 0 aromatic heterocycles. The predicted molar refractivity (Wildman–Crippen MR) is 11.3 cm³/mol. The summed E-state index contributed by atoms with van der Waals surface area (Å²) in [4.78, 5) is 0. The fourth-order valence-electron chi connectivity index (χ4n) is 0. The fourth-order valence-corrected chi connectivity index (χ4v) is 0. The van der Waals surface area contributed by atoms with Gasteiger partial charge in [0, 0.05) is 98.1 Å². The van der Waals surface area contributed by atoms with Crippen molar-refractivity contribution in [1.29, 1.82) is 0 Å². The average Bonchev–Trinajstić information content (AvgIpc) is 1.00. The molecule has 0 rings (SSSR count). The van der Waals surface area contributed by atoms with Crippen molar-refractivity contribution in [2.45, 2.75) is 13.8 Å². The molecule has 0 aromatic carbocycles. The Labute approximate surface area is 109 Å². The molecule has 5 heavy (non-hydrogen) atoms. The third kappa shape index (κ3) is 18.8. The van der Waals surface area contributed by atoms with Gasteiger partial charge in [-0.3, -0.25) is 0 Å². The normalized spacial score (nSPS) is 1.20. The van der Waals surface area contributed by atoms with Crippen LogP contribution in [0.25, 0.3) is 0 Å². The summed E-state index contributed by atoms with van der Waals surface area (Å²) in [7, 11) is 0. The minimum Gasteiger partial charge on any atom is -0.0683 e. The molecular weight excluding hydrogens is 291 g/mol. The van der Waals surface area contributed by atoms with Gasteiger partial charge in [0.15, 0.2) is 0 Å². The van der Waals surface area contributed by atoms with Gasteiger partial charge in [-0.25, -0.2) is 0 Å². The molecule has 0 bridgehead atoms. The van der Waals surface area contributed by atoms with E-state index in [1.807, 2.05) is 13.8 Å². The van der Waals surface area contributed by atoms with E-state index in [-0.39, 0.29) is 98.1 Å². The van der Waals surface area contributed by atoms with Crippen LogP contribution in [0.5, 0.6) is 0 Å². The van der Waals surface area contributed by atoms with E-state index in [2.05, 4.69) is 0 Å². The first-order chi connectivity index (χ1) is 1.00. The third-order valence-electron chi connectivity index (χ3n) is 0. The van der Waals surface area contributed by atoms with Crippen LogP contribution in [0, 0.1) is 0 Å². The zero-order valence-corrected chi connectivity index (χ0v) is 12.2. The molecule has 0 aromatic rings. The molecule has 0 nitrogen and oxygen atoms in total. The number of hydrogen-bond acceptors (Lipinski definition) is 0. The van der Waals surface area contributed by atoms with Crippen molar-refractivity contribution in [3.63, 3.8) is 0 Å². The van der Waals surface area contributed by atoms with Crippen molar-refractivity contribution in [1.82, 2.24) is 0 Å². The fraction of sp³-hybridized carbons (Fsp3) is 1.00. The Morgan fingerprint density at radius 3 is 0.600 bits per heavy atom. The maximum atomic E-state index is 2.00. The summed E-state index contributed by atoms with van der Waals surface area (Å²) in [5.74, 6) is 0. The molecule has 0 aliphatic carbocycles. The molecule has 0 saturated heterocycles. The molecule has 0 amide bonds. The van der Waals surface area contributed by atoms with Crippen LogP contribution in [0.15, 0.2) is 0 Å². The van der Waals surface area contributed by atoms with Crippen LogP contribution in [-0.2, 0) is 98.1 Å². The van der Waals surface area contributed by atoms with Crippen molar-refractivity contribution >= 4 is 0 Å². The summed E-state index contributed by atoms with van der Waals surface area (Å²) in [6.07, 6.45) is 0. The van der Waals surface area contributed by atoms with E-state index in [0.717, 1.165) is 0 Å². The van der Waals surface area contributed by atoms with E-state index in [0.29, 0.717) is 0 Å². The largest absolute Gasteiger partial charge is 0.0683 e. The van der Waals surface area contributed by atoms with Crippen molar-refractivity contribution in [3.8, 4) is 0 Å². The monoisotopic (exact) mass is 297 g/mol. The molecule has 0 atom stereocenters. The van der Waals surface area contributed by atoms with Crippen LogP contribution in [0.2, 0.25) is 0 Å². The first kappa shape index (κ1) is 23.9. The van der Waals surface area contributed by atoms with E-state index < -0.39 is 0 Å². The van der Waals surface area contributed by atoms with Gasteiger partial charge in [0.2, 0.25) is 0 Å². The van der Waals surface area contributed by atoms with Crippen molar-refractivity contribution < 1.29 is 98.1 Å². The minimum absolute atomic E-state index is 0. The molecule has 0 aliphatic heterocycles. The first-order valence-corrected chi connectivity index (χ1v) is 1.00. The van der Waals surface area contributed by atoms with E-state index in [1.54, 1.807) is 0 Å². The van der Waals surface area contributed by atoms with Crippen LogP contribution in [-0.4, -0.2) is 0 Å². The molecule has 3 radical (unpaired) electrons. The maximum absolute atomic E-state index is 2.00. The van der Waals surface area contributed by atoms with Gasteiger partial charge in [-0.15, -0.1) is 0 Å². The van der Waals surface area contributed by atoms with Crippen molar-refractivity contribution in [3.05, 3.63) is 0 Å². The van der Waals surface area contributed by atoms with Gasteiger partial charge in [0.25, 0.3) is 0 Å². The summed E-state index contributed by atoms with van der Waals surface area (Å²) in [5, 5.41) is 0. The topological polar surface area (TPSA) is 0 Å². The summed E-state index contributed by atoms with van der Waals surface area (Å²) in [6, 6.07) is 0. The zero-order valence-electron chi connectivity index (χ0n) is 3.73. The smallest absolute Gasteiger partial charge is 0 e. The van der Waals surface area contributed by atoms with Gasteiger partial charge in [-0.05, 0) is 0 Å². The van der Waals surface area contributed by atoms with E-state index in [1.165, 1.54) is 0 Å². The second-order valence-electron chi connectivity index (χ2n) is 0. The summed E-state index contributed by atoms with van der Waals surface area (Å²) >= 11 is 0. The third-order valence-corrected chi connectivity index (χ3v) is 0. The molecule has 3 heteroatoms. The van der Waals surface area contributed by atoms with Crippen LogP contribution in [0.4, 0.5) is 0 Å². The molecule has 0 spiro atoms. The van der Waals surface area contributed by atoms with Crippen LogP contribution in [0.3, 0.4) is 0 Å². The molecule has 0 heterocycles. The SMILES string of the molecule is CC.[Y].[Y].[Y]. The van der Waals surface area contributed by atoms with Gasteiger partial charge >= 0.3 is 0 Å². The Balaban J connectivity index is -0.00000000167. The Morgan fingerprint density at radius 1 is 0.600 bits per heavy atom. The van der Waals surface area contributed by atoms with Gasteiger partial charge in [-0.1, -0.05) is 13.8 Å². The Bertz CT molecular complexity index is 4.85.